The molecule has 2 atom stereocenters. The zero-order chi connectivity index (χ0) is 18.6. The number of methoxy groups -OCH3 is 1. The van der Waals surface area contributed by atoms with Crippen LogP contribution in [0.4, 0.5) is 5.69 Å². The highest BCUT2D eigenvalue weighted by Crippen LogP contribution is 2.37. The van der Waals surface area contributed by atoms with Gasteiger partial charge in [-0.2, -0.15) is 0 Å². The molecule has 0 spiro atoms. The van der Waals surface area contributed by atoms with Crippen molar-refractivity contribution in [1.82, 2.24) is 4.98 Å². The van der Waals surface area contributed by atoms with Gasteiger partial charge in [0.25, 0.3) is 0 Å². The summed E-state index contributed by atoms with van der Waals surface area (Å²) in [6.45, 7) is 0.698. The molecule has 0 radical (unpaired) electrons. The lowest BCUT2D eigenvalue weighted by Gasteiger charge is -2.14. The molecule has 142 valence electrons. The Kier molecular flexibility index (Phi) is 5.52. The molecule has 2 heterocycles. The molecular weight excluding hydrogens is 362 g/mol. The SMILES string of the molecule is COc1ccccc1-c1cc2nccc(NC3CCC(COSN)C3)c2o1. The van der Waals surface area contributed by atoms with Crippen molar-refractivity contribution in [3.63, 3.8) is 0 Å². The average molecular weight is 385 g/mol. The minimum Gasteiger partial charge on any atom is -0.496 e. The number of fused-ring (bicyclic) bond motifs is 1. The van der Waals surface area contributed by atoms with E-state index >= 15 is 0 Å². The van der Waals surface area contributed by atoms with Gasteiger partial charge in [-0.3, -0.25) is 10.1 Å². The van der Waals surface area contributed by atoms with Crippen LogP contribution in [0.5, 0.6) is 5.75 Å². The van der Waals surface area contributed by atoms with Gasteiger partial charge in [0.15, 0.2) is 5.58 Å². The predicted molar refractivity (Wildman–Crippen MR) is 108 cm³/mol. The molecule has 27 heavy (non-hydrogen) atoms. The van der Waals surface area contributed by atoms with E-state index < -0.39 is 0 Å². The molecule has 0 bridgehead atoms. The van der Waals surface area contributed by atoms with Crippen molar-refractivity contribution in [2.45, 2.75) is 25.3 Å². The van der Waals surface area contributed by atoms with E-state index in [-0.39, 0.29) is 0 Å². The molecule has 3 N–H and O–H groups in total. The lowest BCUT2D eigenvalue weighted by molar-refractivity contribution is 0.290. The van der Waals surface area contributed by atoms with Crippen LogP contribution >= 0.6 is 12.2 Å². The predicted octanol–water partition coefficient (Wildman–Crippen LogP) is 4.62. The van der Waals surface area contributed by atoms with Gasteiger partial charge in [-0.15, -0.1) is 0 Å². The highest BCUT2D eigenvalue weighted by atomic mass is 32.2. The zero-order valence-corrected chi connectivity index (χ0v) is 16.0. The number of nitrogens with one attached hydrogen (secondary N) is 1. The fraction of sp³-hybridized carbons (Fsp3) is 0.350. The number of hydrogen-bond donors (Lipinski definition) is 2. The van der Waals surface area contributed by atoms with Gasteiger partial charge in [0, 0.05) is 18.3 Å². The number of nitrogens with zero attached hydrogens (tertiary/aromatic N) is 1. The second kappa shape index (κ2) is 8.21. The number of aromatic nitrogens is 1. The van der Waals surface area contributed by atoms with Gasteiger partial charge in [0.05, 0.1) is 37.2 Å². The minimum absolute atomic E-state index is 0.395. The largest absolute Gasteiger partial charge is 0.496 e. The quantitative estimate of drug-likeness (QED) is 0.453. The molecular formula is C20H23N3O3S. The Labute approximate surface area is 162 Å². The summed E-state index contributed by atoms with van der Waals surface area (Å²) in [5.41, 5.74) is 3.50. The monoisotopic (exact) mass is 385 g/mol. The Morgan fingerprint density at radius 2 is 2.19 bits per heavy atom. The fourth-order valence-corrected chi connectivity index (χ4v) is 4.02. The first kappa shape index (κ1) is 18.2. The molecule has 1 aliphatic carbocycles. The number of para-hydroxylation sites is 1. The Hall–Kier alpha value is -2.22. The Morgan fingerprint density at radius 3 is 3.04 bits per heavy atom. The lowest BCUT2D eigenvalue weighted by atomic mass is 10.1. The van der Waals surface area contributed by atoms with E-state index in [0.717, 1.165) is 65.4 Å². The number of nitrogens with two attached hydrogens (primary N) is 1. The molecule has 0 amide bonds. The summed E-state index contributed by atoms with van der Waals surface area (Å²) in [6.07, 6.45) is 5.11. The molecule has 0 aliphatic heterocycles. The van der Waals surface area contributed by atoms with E-state index in [2.05, 4.69) is 10.3 Å². The van der Waals surface area contributed by atoms with Crippen molar-refractivity contribution in [1.29, 1.82) is 0 Å². The first-order chi connectivity index (χ1) is 13.3. The van der Waals surface area contributed by atoms with Crippen LogP contribution in [0.2, 0.25) is 0 Å². The highest BCUT2D eigenvalue weighted by molar-refractivity contribution is 7.92. The Morgan fingerprint density at radius 1 is 1.30 bits per heavy atom. The first-order valence-electron chi connectivity index (χ1n) is 9.05. The van der Waals surface area contributed by atoms with E-state index in [4.69, 9.17) is 18.5 Å². The maximum Gasteiger partial charge on any atom is 0.176 e. The molecule has 3 aromatic rings. The molecule has 1 aliphatic rings. The number of furan rings is 1. The van der Waals surface area contributed by atoms with E-state index in [1.165, 1.54) is 0 Å². The molecule has 6 nitrogen and oxygen atoms in total. The van der Waals surface area contributed by atoms with Gasteiger partial charge in [-0.1, -0.05) is 12.1 Å². The summed E-state index contributed by atoms with van der Waals surface area (Å²) >= 11 is 0.945. The van der Waals surface area contributed by atoms with E-state index in [0.29, 0.717) is 18.6 Å². The number of benzene rings is 1. The van der Waals surface area contributed by atoms with Gasteiger partial charge in [0.2, 0.25) is 0 Å². The van der Waals surface area contributed by atoms with Crippen molar-refractivity contribution < 1.29 is 13.3 Å². The van der Waals surface area contributed by atoms with Crippen molar-refractivity contribution in [2.24, 2.45) is 11.1 Å². The maximum absolute atomic E-state index is 6.18. The van der Waals surface area contributed by atoms with Gasteiger partial charge < -0.3 is 18.7 Å². The van der Waals surface area contributed by atoms with E-state index in [9.17, 15) is 0 Å². The summed E-state index contributed by atoms with van der Waals surface area (Å²) in [6, 6.07) is 12.2. The van der Waals surface area contributed by atoms with Crippen molar-refractivity contribution in [2.75, 3.05) is 19.0 Å². The third-order valence-corrected chi connectivity index (χ3v) is 5.33. The smallest absolute Gasteiger partial charge is 0.176 e. The van der Waals surface area contributed by atoms with E-state index in [1.54, 1.807) is 7.11 Å². The standard InChI is InChI=1S/C20H23N3O3S/c1-24-18-5-3-2-4-15(18)19-11-17-20(26-19)16(8-9-22-17)23-14-7-6-13(10-14)12-25-27-21/h2-5,8-9,11,13-14H,6-7,10,12,21H2,1H3,(H,22,23). The number of ether oxygens (including phenoxy) is 1. The molecule has 0 saturated heterocycles. The molecule has 2 aromatic heterocycles. The third-order valence-electron chi connectivity index (χ3n) is 5.06. The number of rotatable bonds is 7. The van der Waals surface area contributed by atoms with Gasteiger partial charge in [-0.25, -0.2) is 0 Å². The third kappa shape index (κ3) is 3.90. The summed E-state index contributed by atoms with van der Waals surface area (Å²) in [5, 5.41) is 8.97. The molecule has 2 unspecified atom stereocenters. The Bertz CT molecular complexity index is 914. The number of pyridine rings is 1. The number of hydrogen-bond acceptors (Lipinski definition) is 7. The molecule has 1 fully saturated rings. The van der Waals surface area contributed by atoms with Crippen LogP contribution in [-0.2, 0) is 4.18 Å². The molecule has 1 saturated carbocycles. The summed E-state index contributed by atoms with van der Waals surface area (Å²) < 4.78 is 16.9. The van der Waals surface area contributed by atoms with Gasteiger partial charge >= 0.3 is 0 Å². The molecule has 4 rings (SSSR count). The lowest BCUT2D eigenvalue weighted by Crippen LogP contribution is -2.16. The van der Waals surface area contributed by atoms with Crippen LogP contribution in [0.15, 0.2) is 47.0 Å². The number of anilines is 1. The van der Waals surface area contributed by atoms with Crippen LogP contribution in [-0.4, -0.2) is 24.7 Å². The second-order valence-electron chi connectivity index (χ2n) is 6.78. The van der Waals surface area contributed by atoms with E-state index in [1.807, 2.05) is 42.6 Å². The zero-order valence-electron chi connectivity index (χ0n) is 15.2. The average Bonchev–Trinajstić information content (AvgIpc) is 3.33. The van der Waals surface area contributed by atoms with Crippen LogP contribution in [0.1, 0.15) is 19.3 Å². The fourth-order valence-electron chi connectivity index (χ4n) is 3.75. The second-order valence-corrected chi connectivity index (χ2v) is 7.21. The van der Waals surface area contributed by atoms with Crippen molar-refractivity contribution in [3.05, 3.63) is 42.6 Å². The van der Waals surface area contributed by atoms with Crippen molar-refractivity contribution in [3.8, 4) is 17.1 Å². The highest BCUT2D eigenvalue weighted by Gasteiger charge is 2.26. The summed E-state index contributed by atoms with van der Waals surface area (Å²) in [5.74, 6) is 2.07. The summed E-state index contributed by atoms with van der Waals surface area (Å²) in [4.78, 5) is 4.46. The van der Waals surface area contributed by atoms with Crippen LogP contribution < -0.4 is 15.2 Å². The topological polar surface area (TPSA) is 82.5 Å². The van der Waals surface area contributed by atoms with Gasteiger partial charge in [0.1, 0.15) is 17.0 Å². The van der Waals surface area contributed by atoms with Crippen LogP contribution in [0, 0.1) is 5.92 Å². The Balaban J connectivity index is 1.57. The molecule has 1 aromatic carbocycles. The maximum atomic E-state index is 6.18. The summed E-state index contributed by atoms with van der Waals surface area (Å²) in [7, 11) is 1.66. The first-order valence-corrected chi connectivity index (χ1v) is 9.85. The normalized spacial score (nSPS) is 19.5. The van der Waals surface area contributed by atoms with Crippen LogP contribution in [0.25, 0.3) is 22.4 Å². The van der Waals surface area contributed by atoms with Crippen molar-refractivity contribution >= 4 is 29.0 Å². The molecule has 7 heteroatoms. The van der Waals surface area contributed by atoms with Crippen LogP contribution in [0.3, 0.4) is 0 Å². The minimum atomic E-state index is 0.395. The van der Waals surface area contributed by atoms with Gasteiger partial charge in [-0.05, 0) is 43.4 Å².